The van der Waals surface area contributed by atoms with Gasteiger partial charge >= 0.3 is 0 Å². The molecule has 0 bridgehead atoms. The lowest BCUT2D eigenvalue weighted by Gasteiger charge is -2.31. The summed E-state index contributed by atoms with van der Waals surface area (Å²) in [6, 6.07) is 6.89. The van der Waals surface area contributed by atoms with Crippen molar-refractivity contribution in [3.05, 3.63) is 34.9 Å². The van der Waals surface area contributed by atoms with Crippen molar-refractivity contribution < 1.29 is 0 Å². The Labute approximate surface area is 125 Å². The third-order valence-corrected chi connectivity index (χ3v) is 4.74. The van der Waals surface area contributed by atoms with Gasteiger partial charge in [0.1, 0.15) is 0 Å². The molecule has 20 heavy (non-hydrogen) atoms. The van der Waals surface area contributed by atoms with Crippen LogP contribution in [-0.4, -0.2) is 13.1 Å². The summed E-state index contributed by atoms with van der Waals surface area (Å²) in [6.07, 6.45) is 4.06. The van der Waals surface area contributed by atoms with Gasteiger partial charge in [-0.15, -0.1) is 0 Å². The van der Waals surface area contributed by atoms with Gasteiger partial charge in [0.25, 0.3) is 0 Å². The Morgan fingerprint density at radius 3 is 2.55 bits per heavy atom. The van der Waals surface area contributed by atoms with Gasteiger partial charge in [-0.1, -0.05) is 44.5 Å². The molecule has 0 amide bonds. The molecule has 1 aliphatic rings. The maximum absolute atomic E-state index is 3.70. The Morgan fingerprint density at radius 2 is 1.95 bits per heavy atom. The fourth-order valence-corrected chi connectivity index (χ4v) is 3.20. The Hall–Kier alpha value is -0.820. The van der Waals surface area contributed by atoms with Gasteiger partial charge in [0.15, 0.2) is 0 Å². The minimum absolute atomic E-state index is 0.424. The molecule has 1 fully saturated rings. The highest BCUT2D eigenvalue weighted by Crippen LogP contribution is 2.47. The van der Waals surface area contributed by atoms with E-state index in [-0.39, 0.29) is 0 Å². The number of hydrogen-bond acceptors (Lipinski definition) is 1. The smallest absolute Gasteiger partial charge is 0.00111 e. The predicted octanol–water partition coefficient (Wildman–Crippen LogP) is 4.51. The first-order chi connectivity index (χ1) is 9.40. The van der Waals surface area contributed by atoms with Crippen LogP contribution in [-0.2, 0) is 6.42 Å². The zero-order chi connectivity index (χ0) is 14.8. The number of nitrogens with one attached hydrogen (secondary N) is 1. The van der Waals surface area contributed by atoms with E-state index in [4.69, 9.17) is 0 Å². The second kappa shape index (κ2) is 6.30. The van der Waals surface area contributed by atoms with E-state index in [0.717, 1.165) is 24.9 Å². The van der Waals surface area contributed by atoms with E-state index in [1.807, 2.05) is 0 Å². The van der Waals surface area contributed by atoms with Crippen LogP contribution < -0.4 is 5.32 Å². The number of hydrogen-bond donors (Lipinski definition) is 1. The monoisotopic (exact) mass is 273 g/mol. The van der Waals surface area contributed by atoms with Crippen LogP contribution in [0.5, 0.6) is 0 Å². The largest absolute Gasteiger partial charge is 0.316 e. The lowest BCUT2D eigenvalue weighted by molar-refractivity contribution is 0.251. The van der Waals surface area contributed by atoms with Crippen molar-refractivity contribution in [3.8, 4) is 0 Å². The van der Waals surface area contributed by atoms with Gasteiger partial charge in [0, 0.05) is 6.54 Å². The third kappa shape index (κ3) is 4.09. The molecule has 1 unspecified atom stereocenters. The molecule has 1 aromatic rings. The van der Waals surface area contributed by atoms with E-state index < -0.39 is 0 Å². The Balaban J connectivity index is 2.06. The van der Waals surface area contributed by atoms with E-state index in [0.29, 0.717) is 5.41 Å². The van der Waals surface area contributed by atoms with Crippen LogP contribution in [0, 0.1) is 31.1 Å². The highest BCUT2D eigenvalue weighted by atomic mass is 14.9. The van der Waals surface area contributed by atoms with Crippen LogP contribution in [0.15, 0.2) is 18.2 Å². The fraction of sp³-hybridized carbons (Fsp3) is 0.684. The quantitative estimate of drug-likeness (QED) is 0.771. The van der Waals surface area contributed by atoms with E-state index in [1.165, 1.54) is 30.4 Å². The first kappa shape index (κ1) is 15.6. The highest BCUT2D eigenvalue weighted by Gasteiger charge is 2.41. The average molecular weight is 273 g/mol. The van der Waals surface area contributed by atoms with Crippen molar-refractivity contribution in [2.24, 2.45) is 17.3 Å². The predicted molar refractivity (Wildman–Crippen MR) is 88.2 cm³/mol. The Morgan fingerprint density at radius 1 is 1.25 bits per heavy atom. The molecule has 1 saturated carbocycles. The minimum Gasteiger partial charge on any atom is -0.316 e. The van der Waals surface area contributed by atoms with Crippen molar-refractivity contribution in [1.82, 2.24) is 5.32 Å². The van der Waals surface area contributed by atoms with Gasteiger partial charge in [-0.25, -0.2) is 0 Å². The summed E-state index contributed by atoms with van der Waals surface area (Å²) < 4.78 is 0. The van der Waals surface area contributed by atoms with Gasteiger partial charge in [0.05, 0.1) is 0 Å². The fourth-order valence-electron chi connectivity index (χ4n) is 3.20. The van der Waals surface area contributed by atoms with Gasteiger partial charge in [-0.05, 0) is 68.0 Å². The zero-order valence-electron chi connectivity index (χ0n) is 13.9. The van der Waals surface area contributed by atoms with Crippen molar-refractivity contribution in [2.45, 2.75) is 53.9 Å². The Kier molecular flexibility index (Phi) is 4.90. The first-order valence-electron chi connectivity index (χ1n) is 8.17. The molecular weight excluding hydrogens is 242 g/mol. The van der Waals surface area contributed by atoms with Crippen molar-refractivity contribution >= 4 is 0 Å². The standard InChI is InChI=1S/C19H31N/c1-14(2)12-20-13-19(5,18-8-9-18)11-17-10-15(3)6-7-16(17)4/h6-7,10,14,18,20H,8-9,11-13H2,1-5H3. The van der Waals surface area contributed by atoms with Gasteiger partial charge in [-0.3, -0.25) is 0 Å². The summed E-state index contributed by atoms with van der Waals surface area (Å²) in [7, 11) is 0. The van der Waals surface area contributed by atoms with E-state index in [1.54, 1.807) is 5.56 Å². The van der Waals surface area contributed by atoms with Crippen LogP contribution in [0.4, 0.5) is 0 Å². The van der Waals surface area contributed by atoms with Crippen LogP contribution >= 0.6 is 0 Å². The highest BCUT2D eigenvalue weighted by molar-refractivity contribution is 5.31. The second-order valence-corrected chi connectivity index (χ2v) is 7.56. The molecule has 1 aliphatic carbocycles. The summed E-state index contributed by atoms with van der Waals surface area (Å²) in [4.78, 5) is 0. The van der Waals surface area contributed by atoms with Gasteiger partial charge < -0.3 is 5.32 Å². The molecule has 0 saturated heterocycles. The number of benzene rings is 1. The first-order valence-corrected chi connectivity index (χ1v) is 8.17. The maximum Gasteiger partial charge on any atom is 0.00111 e. The summed E-state index contributed by atoms with van der Waals surface area (Å²) in [6.45, 7) is 13.8. The summed E-state index contributed by atoms with van der Waals surface area (Å²) in [5, 5.41) is 3.70. The van der Waals surface area contributed by atoms with Crippen molar-refractivity contribution in [3.63, 3.8) is 0 Å². The molecule has 112 valence electrons. The lowest BCUT2D eigenvalue weighted by atomic mass is 9.77. The number of rotatable bonds is 7. The molecule has 0 aliphatic heterocycles. The SMILES string of the molecule is Cc1ccc(C)c(CC(C)(CNCC(C)C)C2CC2)c1. The molecule has 2 rings (SSSR count). The molecule has 1 aromatic carbocycles. The van der Waals surface area contributed by atoms with Crippen molar-refractivity contribution in [1.29, 1.82) is 0 Å². The van der Waals surface area contributed by atoms with Crippen LogP contribution in [0.1, 0.15) is 50.3 Å². The molecule has 1 nitrogen and oxygen atoms in total. The van der Waals surface area contributed by atoms with Crippen LogP contribution in [0.3, 0.4) is 0 Å². The van der Waals surface area contributed by atoms with Gasteiger partial charge in [-0.2, -0.15) is 0 Å². The average Bonchev–Trinajstić information content (AvgIpc) is 3.18. The summed E-state index contributed by atoms with van der Waals surface area (Å²) in [5.74, 6) is 1.65. The summed E-state index contributed by atoms with van der Waals surface area (Å²) >= 11 is 0. The third-order valence-electron chi connectivity index (χ3n) is 4.74. The molecule has 0 spiro atoms. The van der Waals surface area contributed by atoms with Crippen molar-refractivity contribution in [2.75, 3.05) is 13.1 Å². The van der Waals surface area contributed by atoms with E-state index in [9.17, 15) is 0 Å². The van der Waals surface area contributed by atoms with Gasteiger partial charge in [0.2, 0.25) is 0 Å². The maximum atomic E-state index is 3.70. The lowest BCUT2D eigenvalue weighted by Crippen LogP contribution is -2.37. The molecule has 0 radical (unpaired) electrons. The zero-order valence-corrected chi connectivity index (χ0v) is 13.9. The topological polar surface area (TPSA) is 12.0 Å². The molecular formula is C19H31N. The molecule has 0 heterocycles. The van der Waals surface area contributed by atoms with Crippen LogP contribution in [0.25, 0.3) is 0 Å². The Bertz CT molecular complexity index is 445. The van der Waals surface area contributed by atoms with Crippen LogP contribution in [0.2, 0.25) is 0 Å². The second-order valence-electron chi connectivity index (χ2n) is 7.56. The molecule has 1 atom stereocenters. The normalized spacial score (nSPS) is 18.3. The molecule has 0 aromatic heterocycles. The molecule has 1 N–H and O–H groups in total. The van der Waals surface area contributed by atoms with E-state index in [2.05, 4.69) is 58.1 Å². The summed E-state index contributed by atoms with van der Waals surface area (Å²) in [5.41, 5.74) is 4.81. The van der Waals surface area contributed by atoms with E-state index >= 15 is 0 Å². The number of aryl methyl sites for hydroxylation is 2. The molecule has 1 heteroatoms. The minimum atomic E-state index is 0.424.